The van der Waals surface area contributed by atoms with E-state index in [9.17, 15) is 9.59 Å². The van der Waals surface area contributed by atoms with E-state index in [0.717, 1.165) is 10.1 Å². The molecule has 2 aromatic rings. The maximum Gasteiger partial charge on any atom is 0.329 e. The van der Waals surface area contributed by atoms with Crippen LogP contribution in [0.15, 0.2) is 39.9 Å². The van der Waals surface area contributed by atoms with Crippen molar-refractivity contribution in [3.8, 4) is 0 Å². The van der Waals surface area contributed by atoms with Crippen LogP contribution in [0.3, 0.4) is 0 Å². The number of hydrogen-bond acceptors (Lipinski definition) is 2. The molecule has 0 aliphatic heterocycles. The lowest BCUT2D eigenvalue weighted by atomic mass is 10.2. The van der Waals surface area contributed by atoms with Gasteiger partial charge in [0.15, 0.2) is 0 Å². The fourth-order valence-corrected chi connectivity index (χ4v) is 1.71. The maximum atomic E-state index is 11.9. The number of nitrogens with one attached hydrogen (secondary N) is 1. The van der Waals surface area contributed by atoms with Crippen molar-refractivity contribution in [1.82, 2.24) is 9.55 Å². The summed E-state index contributed by atoms with van der Waals surface area (Å²) in [7, 11) is 0. The molecule has 0 bridgehead atoms. The van der Waals surface area contributed by atoms with Crippen LogP contribution in [0.25, 0.3) is 0 Å². The third-order valence-electron chi connectivity index (χ3n) is 2.54. The number of aromatic amines is 1. The van der Waals surface area contributed by atoms with Gasteiger partial charge in [0.2, 0.25) is 0 Å². The number of halogens is 1. The SMILES string of the molecule is Cc1c(Cl)[nH]c(=O)n(Cc2ccccc2)c1=O. The average Bonchev–Trinajstić information content (AvgIpc) is 2.33. The first-order valence-corrected chi connectivity index (χ1v) is 5.50. The number of H-pyrrole nitrogens is 1. The molecule has 0 radical (unpaired) electrons. The van der Waals surface area contributed by atoms with Crippen molar-refractivity contribution in [3.05, 3.63) is 67.4 Å². The summed E-state index contributed by atoms with van der Waals surface area (Å²) in [6, 6.07) is 9.31. The standard InChI is InChI=1S/C12H11ClN2O2/c1-8-10(13)14-12(17)15(11(8)16)7-9-5-3-2-4-6-9/h2-6H,7H2,1H3,(H,14,17). The number of hydrogen-bond donors (Lipinski definition) is 1. The molecule has 0 saturated heterocycles. The van der Waals surface area contributed by atoms with E-state index in [-0.39, 0.29) is 17.3 Å². The van der Waals surface area contributed by atoms with Gasteiger partial charge in [-0.1, -0.05) is 41.9 Å². The van der Waals surface area contributed by atoms with Crippen LogP contribution in [-0.4, -0.2) is 9.55 Å². The van der Waals surface area contributed by atoms with Crippen LogP contribution in [0.2, 0.25) is 5.15 Å². The highest BCUT2D eigenvalue weighted by Gasteiger charge is 2.08. The van der Waals surface area contributed by atoms with Crippen molar-refractivity contribution in [3.63, 3.8) is 0 Å². The summed E-state index contributed by atoms with van der Waals surface area (Å²) in [5.74, 6) is 0. The molecule has 0 fully saturated rings. The lowest BCUT2D eigenvalue weighted by Crippen LogP contribution is -2.36. The first kappa shape index (κ1) is 11.7. The molecule has 1 aromatic carbocycles. The van der Waals surface area contributed by atoms with Crippen LogP contribution in [0.1, 0.15) is 11.1 Å². The van der Waals surface area contributed by atoms with E-state index < -0.39 is 5.69 Å². The van der Waals surface area contributed by atoms with Gasteiger partial charge in [0.1, 0.15) is 5.15 Å². The van der Waals surface area contributed by atoms with Crippen molar-refractivity contribution in [2.45, 2.75) is 13.5 Å². The lowest BCUT2D eigenvalue weighted by molar-refractivity contribution is 0.692. The molecule has 2 rings (SSSR count). The Balaban J connectivity index is 2.51. The van der Waals surface area contributed by atoms with Crippen molar-refractivity contribution in [2.24, 2.45) is 0 Å². The number of benzene rings is 1. The van der Waals surface area contributed by atoms with Gasteiger partial charge in [0.05, 0.1) is 6.54 Å². The largest absolute Gasteiger partial charge is 0.329 e. The van der Waals surface area contributed by atoms with E-state index in [0.29, 0.717) is 5.56 Å². The monoisotopic (exact) mass is 250 g/mol. The van der Waals surface area contributed by atoms with Gasteiger partial charge >= 0.3 is 5.69 Å². The normalized spacial score (nSPS) is 10.5. The molecular weight excluding hydrogens is 240 g/mol. The van der Waals surface area contributed by atoms with Gasteiger partial charge in [-0.15, -0.1) is 0 Å². The van der Waals surface area contributed by atoms with E-state index in [1.165, 1.54) is 0 Å². The molecule has 1 N–H and O–H groups in total. The molecule has 0 aliphatic rings. The third kappa shape index (κ3) is 2.31. The summed E-state index contributed by atoms with van der Waals surface area (Å²) in [5.41, 5.74) is 0.390. The highest BCUT2D eigenvalue weighted by molar-refractivity contribution is 6.30. The predicted molar refractivity (Wildman–Crippen MR) is 66.6 cm³/mol. The topological polar surface area (TPSA) is 54.9 Å². The second-order valence-electron chi connectivity index (χ2n) is 3.75. The molecule has 5 heteroatoms. The summed E-state index contributed by atoms with van der Waals surface area (Å²) in [4.78, 5) is 26.0. The zero-order valence-electron chi connectivity index (χ0n) is 9.24. The fraction of sp³-hybridized carbons (Fsp3) is 0.167. The van der Waals surface area contributed by atoms with Crippen LogP contribution in [-0.2, 0) is 6.54 Å². The summed E-state index contributed by atoms with van der Waals surface area (Å²) >= 11 is 5.73. The smallest absolute Gasteiger partial charge is 0.297 e. The van der Waals surface area contributed by atoms with Crippen molar-refractivity contribution in [2.75, 3.05) is 0 Å². The van der Waals surface area contributed by atoms with E-state index in [2.05, 4.69) is 4.98 Å². The first-order chi connectivity index (χ1) is 8.09. The van der Waals surface area contributed by atoms with E-state index >= 15 is 0 Å². The second-order valence-corrected chi connectivity index (χ2v) is 4.12. The molecule has 0 saturated carbocycles. The average molecular weight is 251 g/mol. The molecule has 0 atom stereocenters. The highest BCUT2D eigenvalue weighted by Crippen LogP contribution is 2.04. The van der Waals surface area contributed by atoms with Gasteiger partial charge in [-0.2, -0.15) is 0 Å². The summed E-state index contributed by atoms with van der Waals surface area (Å²) in [6.45, 7) is 1.83. The van der Waals surface area contributed by atoms with Gasteiger partial charge in [0, 0.05) is 5.56 Å². The predicted octanol–water partition coefficient (Wildman–Crippen LogP) is 1.55. The first-order valence-electron chi connectivity index (χ1n) is 5.12. The van der Waals surface area contributed by atoms with E-state index in [1.807, 2.05) is 30.3 Å². The molecule has 0 amide bonds. The Hall–Kier alpha value is -1.81. The minimum absolute atomic E-state index is 0.101. The molecule has 4 nitrogen and oxygen atoms in total. The van der Waals surface area contributed by atoms with E-state index in [4.69, 9.17) is 11.6 Å². The van der Waals surface area contributed by atoms with Crippen molar-refractivity contribution in [1.29, 1.82) is 0 Å². The molecule has 17 heavy (non-hydrogen) atoms. The summed E-state index contributed by atoms with van der Waals surface area (Å²) in [6.07, 6.45) is 0. The van der Waals surface area contributed by atoms with Gasteiger partial charge in [-0.25, -0.2) is 4.79 Å². The van der Waals surface area contributed by atoms with Crippen molar-refractivity contribution >= 4 is 11.6 Å². The quantitative estimate of drug-likeness (QED) is 0.822. The Morgan fingerprint density at radius 2 is 1.88 bits per heavy atom. The summed E-state index contributed by atoms with van der Waals surface area (Å²) < 4.78 is 1.14. The zero-order chi connectivity index (χ0) is 12.4. The Kier molecular flexibility index (Phi) is 3.15. The van der Waals surface area contributed by atoms with Gasteiger partial charge in [-0.05, 0) is 12.5 Å². The molecule has 88 valence electrons. The Morgan fingerprint density at radius 3 is 2.53 bits per heavy atom. The van der Waals surface area contributed by atoms with Crippen molar-refractivity contribution < 1.29 is 0 Å². The van der Waals surface area contributed by atoms with E-state index in [1.54, 1.807) is 6.92 Å². The molecular formula is C12H11ClN2O2. The number of nitrogens with zero attached hydrogens (tertiary/aromatic N) is 1. The van der Waals surface area contributed by atoms with Crippen LogP contribution in [0, 0.1) is 6.92 Å². The van der Waals surface area contributed by atoms with Crippen LogP contribution in [0.5, 0.6) is 0 Å². The van der Waals surface area contributed by atoms with Crippen LogP contribution >= 0.6 is 11.6 Å². The summed E-state index contributed by atoms with van der Waals surface area (Å²) in [5, 5.41) is 0.101. The zero-order valence-corrected chi connectivity index (χ0v) is 9.99. The molecule has 1 aromatic heterocycles. The molecule has 0 spiro atoms. The minimum atomic E-state index is -0.491. The molecule has 0 unspecified atom stereocenters. The maximum absolute atomic E-state index is 11.9. The van der Waals surface area contributed by atoms with Gasteiger partial charge < -0.3 is 0 Å². The number of rotatable bonds is 2. The number of aromatic nitrogens is 2. The molecule has 1 heterocycles. The van der Waals surface area contributed by atoms with Gasteiger partial charge in [-0.3, -0.25) is 14.3 Å². The van der Waals surface area contributed by atoms with Crippen LogP contribution in [0.4, 0.5) is 0 Å². The highest BCUT2D eigenvalue weighted by atomic mass is 35.5. The fourth-order valence-electron chi connectivity index (χ4n) is 1.55. The minimum Gasteiger partial charge on any atom is -0.297 e. The van der Waals surface area contributed by atoms with Crippen LogP contribution < -0.4 is 11.2 Å². The van der Waals surface area contributed by atoms with Gasteiger partial charge in [0.25, 0.3) is 5.56 Å². The Morgan fingerprint density at radius 1 is 1.24 bits per heavy atom. The second kappa shape index (κ2) is 4.59. The Bertz CT molecular complexity index is 644. The lowest BCUT2D eigenvalue weighted by Gasteiger charge is -2.06. The Labute approximate surface area is 102 Å². The third-order valence-corrected chi connectivity index (χ3v) is 2.92. The molecule has 0 aliphatic carbocycles.